The van der Waals surface area contributed by atoms with Crippen molar-refractivity contribution in [1.29, 1.82) is 0 Å². The van der Waals surface area contributed by atoms with Crippen molar-refractivity contribution in [2.45, 2.75) is 27.2 Å². The van der Waals surface area contributed by atoms with Crippen molar-refractivity contribution in [2.24, 2.45) is 5.92 Å². The number of hydrogen-bond acceptors (Lipinski definition) is 1. The molecule has 1 heterocycles. The summed E-state index contributed by atoms with van der Waals surface area (Å²) in [7, 11) is 0. The molecule has 0 aromatic heterocycles. The molecule has 0 saturated heterocycles. The summed E-state index contributed by atoms with van der Waals surface area (Å²) in [4.78, 5) is 13.8. The third-order valence-corrected chi connectivity index (χ3v) is 2.89. The number of rotatable bonds is 1. The first-order chi connectivity index (χ1) is 7.09. The molecule has 0 atom stereocenters. The molecule has 0 fully saturated rings. The van der Waals surface area contributed by atoms with E-state index in [-0.39, 0.29) is 11.8 Å². The van der Waals surface area contributed by atoms with Crippen LogP contribution in [0, 0.1) is 12.8 Å². The highest BCUT2D eigenvalue weighted by Gasteiger charge is 2.25. The number of carbonyl (C=O) groups is 1. The molecule has 1 aliphatic heterocycles. The molecule has 0 saturated carbocycles. The molecule has 0 unspecified atom stereocenters. The molecule has 0 N–H and O–H groups in total. The van der Waals surface area contributed by atoms with Gasteiger partial charge in [0.05, 0.1) is 0 Å². The van der Waals surface area contributed by atoms with Crippen LogP contribution < -0.4 is 4.90 Å². The van der Waals surface area contributed by atoms with E-state index >= 15 is 0 Å². The predicted octanol–water partition coefficient (Wildman–Crippen LogP) is 2.54. The van der Waals surface area contributed by atoms with Crippen molar-refractivity contribution in [1.82, 2.24) is 0 Å². The second-order valence-electron chi connectivity index (χ2n) is 4.53. The lowest BCUT2D eigenvalue weighted by atomic mass is 10.1. The first-order valence-electron chi connectivity index (χ1n) is 5.50. The highest BCUT2D eigenvalue weighted by molar-refractivity contribution is 5.96. The lowest BCUT2D eigenvalue weighted by molar-refractivity contribution is -0.121. The van der Waals surface area contributed by atoms with Gasteiger partial charge in [0.2, 0.25) is 5.91 Å². The molecular formula is C13H17NO. The molecule has 2 nitrogen and oxygen atoms in total. The largest absolute Gasteiger partial charge is 0.312 e. The second-order valence-corrected chi connectivity index (χ2v) is 4.53. The van der Waals surface area contributed by atoms with Gasteiger partial charge in [0.15, 0.2) is 0 Å². The fraction of sp³-hybridized carbons (Fsp3) is 0.462. The van der Waals surface area contributed by atoms with Gasteiger partial charge in [0, 0.05) is 18.2 Å². The SMILES string of the molecule is Cc1ccc2c(c1)CCN2C(=O)C(C)C. The Morgan fingerprint density at radius 1 is 1.40 bits per heavy atom. The molecule has 0 aliphatic carbocycles. The number of amides is 1. The number of benzene rings is 1. The topological polar surface area (TPSA) is 20.3 Å². The summed E-state index contributed by atoms with van der Waals surface area (Å²) in [5.41, 5.74) is 3.69. The normalized spacial score (nSPS) is 14.5. The van der Waals surface area contributed by atoms with Crippen molar-refractivity contribution >= 4 is 11.6 Å². The van der Waals surface area contributed by atoms with Crippen LogP contribution in [0.15, 0.2) is 18.2 Å². The zero-order chi connectivity index (χ0) is 11.0. The standard InChI is InChI=1S/C13H17NO/c1-9(2)13(15)14-7-6-11-8-10(3)4-5-12(11)14/h4-5,8-9H,6-7H2,1-3H3. The number of hydrogen-bond donors (Lipinski definition) is 0. The van der Waals surface area contributed by atoms with Gasteiger partial charge in [-0.2, -0.15) is 0 Å². The van der Waals surface area contributed by atoms with Crippen LogP contribution >= 0.6 is 0 Å². The van der Waals surface area contributed by atoms with Crippen molar-refractivity contribution in [2.75, 3.05) is 11.4 Å². The Hall–Kier alpha value is -1.31. The number of aryl methyl sites for hydroxylation is 1. The highest BCUT2D eigenvalue weighted by atomic mass is 16.2. The highest BCUT2D eigenvalue weighted by Crippen LogP contribution is 2.29. The summed E-state index contributed by atoms with van der Waals surface area (Å²) in [6.45, 7) is 6.84. The number of fused-ring (bicyclic) bond motifs is 1. The van der Waals surface area contributed by atoms with Gasteiger partial charge in [-0.1, -0.05) is 31.5 Å². The first kappa shape index (κ1) is 10.2. The Balaban J connectivity index is 2.33. The molecule has 1 aliphatic rings. The Morgan fingerprint density at radius 2 is 2.13 bits per heavy atom. The van der Waals surface area contributed by atoms with Crippen LogP contribution in [0.5, 0.6) is 0 Å². The van der Waals surface area contributed by atoms with Crippen LogP contribution in [0.4, 0.5) is 5.69 Å². The fourth-order valence-electron chi connectivity index (χ4n) is 2.07. The van der Waals surface area contributed by atoms with E-state index in [1.807, 2.05) is 18.7 Å². The van der Waals surface area contributed by atoms with Crippen LogP contribution in [0.2, 0.25) is 0 Å². The van der Waals surface area contributed by atoms with Gasteiger partial charge in [0.25, 0.3) is 0 Å². The van der Waals surface area contributed by atoms with E-state index in [0.717, 1.165) is 18.7 Å². The average molecular weight is 203 g/mol. The minimum atomic E-state index is 0.0808. The van der Waals surface area contributed by atoms with Crippen LogP contribution in [-0.2, 0) is 11.2 Å². The molecule has 0 radical (unpaired) electrons. The van der Waals surface area contributed by atoms with Crippen LogP contribution in [-0.4, -0.2) is 12.5 Å². The van der Waals surface area contributed by atoms with Crippen LogP contribution in [0.3, 0.4) is 0 Å². The zero-order valence-electron chi connectivity index (χ0n) is 9.58. The molecule has 80 valence electrons. The van der Waals surface area contributed by atoms with E-state index in [4.69, 9.17) is 0 Å². The van der Waals surface area contributed by atoms with Crippen molar-refractivity contribution in [3.63, 3.8) is 0 Å². The number of nitrogens with zero attached hydrogens (tertiary/aromatic N) is 1. The van der Waals surface area contributed by atoms with Gasteiger partial charge in [0.1, 0.15) is 0 Å². The van der Waals surface area contributed by atoms with Gasteiger partial charge >= 0.3 is 0 Å². The number of anilines is 1. The molecule has 0 spiro atoms. The zero-order valence-corrected chi connectivity index (χ0v) is 9.58. The molecule has 1 aromatic carbocycles. The van der Waals surface area contributed by atoms with Crippen molar-refractivity contribution in [3.05, 3.63) is 29.3 Å². The summed E-state index contributed by atoms with van der Waals surface area (Å²) in [6.07, 6.45) is 0.996. The van der Waals surface area contributed by atoms with Gasteiger partial charge < -0.3 is 4.90 Å². The smallest absolute Gasteiger partial charge is 0.229 e. The van der Waals surface area contributed by atoms with E-state index in [9.17, 15) is 4.79 Å². The third kappa shape index (κ3) is 1.76. The maximum Gasteiger partial charge on any atom is 0.229 e. The summed E-state index contributed by atoms with van der Waals surface area (Å²) in [5.74, 6) is 0.315. The molecule has 0 bridgehead atoms. The lowest BCUT2D eigenvalue weighted by Gasteiger charge is -2.19. The van der Waals surface area contributed by atoms with Crippen LogP contribution in [0.25, 0.3) is 0 Å². The summed E-state index contributed by atoms with van der Waals surface area (Å²) < 4.78 is 0. The maximum atomic E-state index is 11.9. The second kappa shape index (κ2) is 3.69. The van der Waals surface area contributed by atoms with Gasteiger partial charge in [-0.25, -0.2) is 0 Å². The van der Waals surface area contributed by atoms with E-state index in [2.05, 4.69) is 25.1 Å². The first-order valence-corrected chi connectivity index (χ1v) is 5.50. The monoisotopic (exact) mass is 203 g/mol. The minimum Gasteiger partial charge on any atom is -0.312 e. The van der Waals surface area contributed by atoms with Gasteiger partial charge in [-0.15, -0.1) is 0 Å². The van der Waals surface area contributed by atoms with Crippen molar-refractivity contribution < 1.29 is 4.79 Å². The summed E-state index contributed by atoms with van der Waals surface area (Å²) >= 11 is 0. The lowest BCUT2D eigenvalue weighted by Crippen LogP contribution is -2.32. The van der Waals surface area contributed by atoms with Crippen molar-refractivity contribution in [3.8, 4) is 0 Å². The van der Waals surface area contributed by atoms with Gasteiger partial charge in [-0.05, 0) is 25.0 Å². The maximum absolute atomic E-state index is 11.9. The summed E-state index contributed by atoms with van der Waals surface area (Å²) in [5, 5.41) is 0. The number of carbonyl (C=O) groups excluding carboxylic acids is 1. The predicted molar refractivity (Wildman–Crippen MR) is 62.1 cm³/mol. The van der Waals surface area contributed by atoms with E-state index < -0.39 is 0 Å². The molecule has 1 amide bonds. The molecule has 15 heavy (non-hydrogen) atoms. The van der Waals surface area contributed by atoms with Gasteiger partial charge in [-0.3, -0.25) is 4.79 Å². The average Bonchev–Trinajstić information content (AvgIpc) is 2.59. The Labute approximate surface area is 90.9 Å². The van der Waals surface area contributed by atoms with E-state index in [0.29, 0.717) is 0 Å². The Morgan fingerprint density at radius 3 is 2.80 bits per heavy atom. The summed E-state index contributed by atoms with van der Waals surface area (Å²) in [6, 6.07) is 6.33. The molecule has 1 aromatic rings. The minimum absolute atomic E-state index is 0.0808. The third-order valence-electron chi connectivity index (χ3n) is 2.89. The fourth-order valence-corrected chi connectivity index (χ4v) is 2.07. The molecular weight excluding hydrogens is 186 g/mol. The van der Waals surface area contributed by atoms with E-state index in [1.54, 1.807) is 0 Å². The Kier molecular flexibility index (Phi) is 2.51. The Bertz CT molecular complexity index is 396. The molecule has 2 heteroatoms. The quantitative estimate of drug-likeness (QED) is 0.687. The van der Waals surface area contributed by atoms with Crippen LogP contribution in [0.1, 0.15) is 25.0 Å². The van der Waals surface area contributed by atoms with E-state index in [1.165, 1.54) is 11.1 Å². The molecule has 2 rings (SSSR count).